The summed E-state index contributed by atoms with van der Waals surface area (Å²) in [7, 11) is 0. The standard InChI is InChI=1S/C23H34N4O/c1-5-6-9-19-18(16-8-7-12-24-14-16)15-27(26-19)21(28)25-20-13-17-10-11-23(20,4)22(17,2)3/h7-8,12,14,17-18,20H,5-6,9-11,13,15H2,1-4H3,(H,25,28)/t17-,18?,20-,23-/m0/s1. The third-order valence-electron chi connectivity index (χ3n) is 8.21. The molecule has 28 heavy (non-hydrogen) atoms. The number of urea groups is 1. The van der Waals surface area contributed by atoms with Crippen molar-refractivity contribution >= 4 is 11.7 Å². The fourth-order valence-electron chi connectivity index (χ4n) is 5.78. The number of carbonyl (C=O) groups excluding carboxylic acids is 1. The third kappa shape index (κ3) is 3.03. The van der Waals surface area contributed by atoms with Crippen LogP contribution in [-0.2, 0) is 0 Å². The molecule has 0 aromatic carbocycles. The van der Waals surface area contributed by atoms with Gasteiger partial charge in [-0.1, -0.05) is 40.2 Å². The Morgan fingerprint density at radius 1 is 1.36 bits per heavy atom. The number of carbonyl (C=O) groups is 1. The minimum Gasteiger partial charge on any atom is -0.333 e. The maximum Gasteiger partial charge on any atom is 0.338 e. The van der Waals surface area contributed by atoms with Gasteiger partial charge in [0, 0.05) is 30.1 Å². The predicted octanol–water partition coefficient (Wildman–Crippen LogP) is 4.95. The average molecular weight is 383 g/mol. The van der Waals surface area contributed by atoms with Crippen LogP contribution in [0.2, 0.25) is 0 Å². The van der Waals surface area contributed by atoms with Gasteiger partial charge in [0.05, 0.1) is 6.54 Å². The van der Waals surface area contributed by atoms with Gasteiger partial charge in [-0.15, -0.1) is 0 Å². The Morgan fingerprint density at radius 2 is 2.18 bits per heavy atom. The molecule has 5 nitrogen and oxygen atoms in total. The Kier molecular flexibility index (Phi) is 4.96. The van der Waals surface area contributed by atoms with Crippen LogP contribution in [0.3, 0.4) is 0 Å². The Balaban J connectivity index is 1.48. The molecule has 2 aliphatic carbocycles. The molecular formula is C23H34N4O. The van der Waals surface area contributed by atoms with E-state index >= 15 is 0 Å². The third-order valence-corrected chi connectivity index (χ3v) is 8.21. The summed E-state index contributed by atoms with van der Waals surface area (Å²) < 4.78 is 0. The first-order valence-corrected chi connectivity index (χ1v) is 10.9. The Morgan fingerprint density at radius 3 is 2.79 bits per heavy atom. The quantitative estimate of drug-likeness (QED) is 0.783. The van der Waals surface area contributed by atoms with E-state index in [0.717, 1.165) is 37.0 Å². The molecule has 0 saturated heterocycles. The van der Waals surface area contributed by atoms with Gasteiger partial charge in [-0.05, 0) is 60.5 Å². The van der Waals surface area contributed by atoms with Crippen molar-refractivity contribution in [2.24, 2.45) is 21.8 Å². The van der Waals surface area contributed by atoms with Crippen molar-refractivity contribution in [1.29, 1.82) is 0 Å². The molecule has 2 heterocycles. The molecule has 2 saturated carbocycles. The van der Waals surface area contributed by atoms with Crippen LogP contribution in [0.25, 0.3) is 0 Å². The highest BCUT2D eigenvalue weighted by Crippen LogP contribution is 2.65. The van der Waals surface area contributed by atoms with Crippen molar-refractivity contribution in [2.75, 3.05) is 6.54 Å². The van der Waals surface area contributed by atoms with E-state index in [2.05, 4.69) is 44.1 Å². The minimum absolute atomic E-state index is 0.0324. The second kappa shape index (κ2) is 7.16. The lowest BCUT2D eigenvalue weighted by Crippen LogP contribution is -2.50. The number of unbranched alkanes of at least 4 members (excludes halogenated alkanes) is 1. The zero-order chi connectivity index (χ0) is 19.9. The number of aromatic nitrogens is 1. The van der Waals surface area contributed by atoms with Gasteiger partial charge in [0.25, 0.3) is 0 Å². The number of nitrogens with one attached hydrogen (secondary N) is 1. The smallest absolute Gasteiger partial charge is 0.333 e. The fraction of sp³-hybridized carbons (Fsp3) is 0.696. The molecule has 0 spiro atoms. The van der Waals surface area contributed by atoms with Crippen molar-refractivity contribution in [3.8, 4) is 0 Å². The highest BCUT2D eigenvalue weighted by molar-refractivity contribution is 5.94. The molecule has 3 aliphatic rings. The summed E-state index contributed by atoms with van der Waals surface area (Å²) in [5.41, 5.74) is 2.75. The van der Waals surface area contributed by atoms with E-state index in [-0.39, 0.29) is 23.4 Å². The van der Waals surface area contributed by atoms with Gasteiger partial charge >= 0.3 is 6.03 Å². The van der Waals surface area contributed by atoms with Crippen molar-refractivity contribution in [1.82, 2.24) is 15.3 Å². The van der Waals surface area contributed by atoms with Crippen LogP contribution < -0.4 is 5.32 Å². The van der Waals surface area contributed by atoms with Gasteiger partial charge < -0.3 is 5.32 Å². The van der Waals surface area contributed by atoms with Gasteiger partial charge in [0.15, 0.2) is 0 Å². The highest BCUT2D eigenvalue weighted by atomic mass is 16.2. The molecule has 1 aromatic rings. The van der Waals surface area contributed by atoms with Crippen molar-refractivity contribution in [2.45, 2.75) is 78.2 Å². The molecular weight excluding hydrogens is 348 g/mol. The van der Waals surface area contributed by atoms with Crippen molar-refractivity contribution in [3.63, 3.8) is 0 Å². The lowest BCUT2D eigenvalue weighted by molar-refractivity contribution is 0.118. The summed E-state index contributed by atoms with van der Waals surface area (Å²) in [6.45, 7) is 9.94. The Hall–Kier alpha value is -1.91. The number of amides is 2. The van der Waals surface area contributed by atoms with Crippen LogP contribution in [0.1, 0.15) is 77.7 Å². The number of hydrogen-bond donors (Lipinski definition) is 1. The van der Waals surface area contributed by atoms with E-state index in [1.807, 2.05) is 12.3 Å². The molecule has 1 aromatic heterocycles. The van der Waals surface area contributed by atoms with Crippen molar-refractivity contribution in [3.05, 3.63) is 30.1 Å². The first kappa shape index (κ1) is 19.4. The summed E-state index contributed by atoms with van der Waals surface area (Å²) in [6, 6.07) is 4.28. The summed E-state index contributed by atoms with van der Waals surface area (Å²) >= 11 is 0. The predicted molar refractivity (Wildman–Crippen MR) is 112 cm³/mol. The van der Waals surface area contributed by atoms with Crippen LogP contribution >= 0.6 is 0 Å². The molecule has 5 heteroatoms. The van der Waals surface area contributed by atoms with Crippen LogP contribution in [-0.4, -0.2) is 34.3 Å². The lowest BCUT2D eigenvalue weighted by Gasteiger charge is -2.39. The van der Waals surface area contributed by atoms with Crippen LogP contribution in [0, 0.1) is 16.7 Å². The normalized spacial score (nSPS) is 33.2. The number of pyridine rings is 1. The maximum atomic E-state index is 13.1. The molecule has 2 amide bonds. The fourth-order valence-corrected chi connectivity index (χ4v) is 5.78. The zero-order valence-corrected chi connectivity index (χ0v) is 17.7. The lowest BCUT2D eigenvalue weighted by atomic mass is 9.69. The van der Waals surface area contributed by atoms with E-state index in [9.17, 15) is 4.79 Å². The van der Waals surface area contributed by atoms with E-state index in [0.29, 0.717) is 17.9 Å². The highest BCUT2D eigenvalue weighted by Gasteiger charge is 2.61. The van der Waals surface area contributed by atoms with E-state index in [4.69, 9.17) is 5.10 Å². The SMILES string of the molecule is CCCCC1=NN(C(=O)N[C@H]2C[C@@H]3CC[C@]2(C)C3(C)C)CC1c1cccnc1. The van der Waals surface area contributed by atoms with E-state index < -0.39 is 0 Å². The molecule has 1 N–H and O–H groups in total. The van der Waals surface area contributed by atoms with E-state index in [1.165, 1.54) is 12.8 Å². The van der Waals surface area contributed by atoms with E-state index in [1.54, 1.807) is 11.2 Å². The second-order valence-corrected chi connectivity index (χ2v) is 9.73. The largest absolute Gasteiger partial charge is 0.338 e. The van der Waals surface area contributed by atoms with Gasteiger partial charge in [-0.25, -0.2) is 9.80 Å². The first-order valence-electron chi connectivity index (χ1n) is 10.9. The van der Waals surface area contributed by atoms with Crippen molar-refractivity contribution < 1.29 is 4.79 Å². The van der Waals surface area contributed by atoms with Gasteiger partial charge in [0.2, 0.25) is 0 Å². The topological polar surface area (TPSA) is 57.6 Å². The molecule has 4 rings (SSSR count). The monoisotopic (exact) mass is 382 g/mol. The van der Waals surface area contributed by atoms with Crippen LogP contribution in [0.5, 0.6) is 0 Å². The first-order chi connectivity index (χ1) is 13.4. The van der Waals surface area contributed by atoms with Gasteiger partial charge in [-0.3, -0.25) is 4.98 Å². The number of rotatable bonds is 5. The molecule has 0 radical (unpaired) electrons. The van der Waals surface area contributed by atoms with Gasteiger partial charge in [-0.2, -0.15) is 5.10 Å². The second-order valence-electron chi connectivity index (χ2n) is 9.73. The van der Waals surface area contributed by atoms with Gasteiger partial charge in [0.1, 0.15) is 0 Å². The molecule has 4 atom stereocenters. The summed E-state index contributed by atoms with van der Waals surface area (Å²) in [5, 5.41) is 9.79. The number of fused-ring (bicyclic) bond motifs is 2. The summed E-state index contributed by atoms with van der Waals surface area (Å²) in [6.07, 6.45) is 10.5. The molecule has 2 fully saturated rings. The number of hydrazone groups is 1. The summed E-state index contributed by atoms with van der Waals surface area (Å²) in [4.78, 5) is 17.4. The van der Waals surface area contributed by atoms with Crippen LogP contribution in [0.4, 0.5) is 4.79 Å². The summed E-state index contributed by atoms with van der Waals surface area (Å²) in [5.74, 6) is 0.881. The number of nitrogens with zero attached hydrogens (tertiary/aromatic N) is 3. The Labute approximate surface area is 169 Å². The average Bonchev–Trinajstić information content (AvgIpc) is 3.27. The minimum atomic E-state index is -0.0324. The molecule has 1 unspecified atom stereocenters. The molecule has 152 valence electrons. The Bertz CT molecular complexity index is 759. The maximum absolute atomic E-state index is 13.1. The number of hydrogen-bond acceptors (Lipinski definition) is 3. The van der Waals surface area contributed by atoms with Crippen LogP contribution in [0.15, 0.2) is 29.6 Å². The molecule has 1 aliphatic heterocycles. The zero-order valence-electron chi connectivity index (χ0n) is 17.7. The molecule has 2 bridgehead atoms.